The normalized spacial score (nSPS) is 14.2. The van der Waals surface area contributed by atoms with E-state index in [4.69, 9.17) is 16.7 Å². The van der Waals surface area contributed by atoms with Crippen LogP contribution in [0.2, 0.25) is 5.02 Å². The lowest BCUT2D eigenvalue weighted by molar-refractivity contribution is 0.244. The number of anilines is 2. The van der Waals surface area contributed by atoms with E-state index >= 15 is 0 Å². The Labute approximate surface area is 233 Å². The summed E-state index contributed by atoms with van der Waals surface area (Å²) in [6.45, 7) is 6.95. The monoisotopic (exact) mass is 573 g/mol. The van der Waals surface area contributed by atoms with Crippen molar-refractivity contribution in [2.24, 2.45) is 0 Å². The lowest BCUT2D eigenvalue weighted by Crippen LogP contribution is -2.46. The fourth-order valence-electron chi connectivity index (χ4n) is 3.97. The molecular weight excluding hydrogens is 542 g/mol. The number of nitrogens with one attached hydrogen (secondary N) is 4. The quantitative estimate of drug-likeness (QED) is 0.327. The molecular formula is C26H32ClN7O4S. The Morgan fingerprint density at radius 3 is 2.33 bits per heavy atom. The zero-order valence-corrected chi connectivity index (χ0v) is 23.6. The van der Waals surface area contributed by atoms with Crippen LogP contribution in [0.15, 0.2) is 54.6 Å². The van der Waals surface area contributed by atoms with Gasteiger partial charge in [0.2, 0.25) is 0 Å². The number of nitrogens with zero attached hydrogens (tertiary/aromatic N) is 3. The van der Waals surface area contributed by atoms with Gasteiger partial charge in [-0.3, -0.25) is 5.32 Å². The molecule has 1 saturated heterocycles. The Balaban J connectivity index is 1.48. The van der Waals surface area contributed by atoms with Gasteiger partial charge in [0.05, 0.1) is 11.4 Å². The fourth-order valence-corrected chi connectivity index (χ4v) is 5.27. The number of rotatable bonds is 7. The van der Waals surface area contributed by atoms with Crippen LogP contribution < -0.4 is 20.7 Å². The Morgan fingerprint density at radius 2 is 1.67 bits per heavy atom. The van der Waals surface area contributed by atoms with Crippen LogP contribution in [-0.4, -0.2) is 47.7 Å². The molecule has 0 bridgehead atoms. The lowest BCUT2D eigenvalue weighted by Gasteiger charge is -2.16. The Hall–Kier alpha value is -3.61. The molecule has 208 valence electrons. The largest absolute Gasteiger partial charge is 0.333 e. The molecule has 0 atom stereocenters. The minimum absolute atomic E-state index is 0.0857. The molecule has 0 saturated carbocycles. The molecule has 0 unspecified atom stereocenters. The third kappa shape index (κ3) is 7.49. The second-order valence-electron chi connectivity index (χ2n) is 10.2. The Bertz CT molecular complexity index is 1440. The van der Waals surface area contributed by atoms with Crippen molar-refractivity contribution in [2.75, 3.05) is 23.7 Å². The lowest BCUT2D eigenvalue weighted by atomic mass is 9.92. The van der Waals surface area contributed by atoms with E-state index in [2.05, 4.69) is 20.7 Å². The molecule has 4 rings (SSSR count). The van der Waals surface area contributed by atoms with Gasteiger partial charge in [-0.2, -0.15) is 17.8 Å². The molecule has 4 N–H and O–H groups in total. The van der Waals surface area contributed by atoms with Crippen molar-refractivity contribution in [1.29, 1.82) is 0 Å². The summed E-state index contributed by atoms with van der Waals surface area (Å²) in [5, 5.41) is 13.5. The van der Waals surface area contributed by atoms with Gasteiger partial charge in [-0.25, -0.2) is 19.0 Å². The zero-order chi connectivity index (χ0) is 28.2. The van der Waals surface area contributed by atoms with Gasteiger partial charge >= 0.3 is 22.3 Å². The topological polar surface area (TPSA) is 137 Å². The number of hydrogen-bond acceptors (Lipinski definition) is 5. The first-order valence-electron chi connectivity index (χ1n) is 12.5. The number of hydrogen-bond donors (Lipinski definition) is 4. The van der Waals surface area contributed by atoms with E-state index in [1.807, 2.05) is 32.9 Å². The molecule has 1 aromatic heterocycles. The molecule has 11 nitrogen and oxygen atoms in total. The maximum absolute atomic E-state index is 12.8. The first-order valence-corrected chi connectivity index (χ1v) is 14.3. The standard InChI is InChI=1S/C26H32ClN7O4S/c1-26(2,3)22-16-23(30-25(36)29-20-11-9-19(27)10-12-20)34(31-22)21-8-6-7-18(15-21)17-28-24(35)32-39(37,38)33-13-4-5-14-33/h6-12,15-16H,4-5,13-14,17H2,1-3H3,(H2,28,32,35)(H2,29,30,36). The third-order valence-electron chi connectivity index (χ3n) is 6.06. The van der Waals surface area contributed by atoms with Crippen molar-refractivity contribution in [2.45, 2.75) is 45.6 Å². The maximum Gasteiger partial charge on any atom is 0.329 e. The van der Waals surface area contributed by atoms with Gasteiger partial charge in [0.1, 0.15) is 5.82 Å². The summed E-state index contributed by atoms with van der Waals surface area (Å²) in [6.07, 6.45) is 1.55. The van der Waals surface area contributed by atoms with Crippen LogP contribution in [0.5, 0.6) is 0 Å². The molecule has 39 heavy (non-hydrogen) atoms. The van der Waals surface area contributed by atoms with Crippen molar-refractivity contribution in [1.82, 2.24) is 24.1 Å². The van der Waals surface area contributed by atoms with Crippen molar-refractivity contribution < 1.29 is 18.0 Å². The van der Waals surface area contributed by atoms with Crippen LogP contribution in [-0.2, 0) is 22.2 Å². The highest BCUT2D eigenvalue weighted by molar-refractivity contribution is 7.87. The van der Waals surface area contributed by atoms with E-state index in [-0.39, 0.29) is 12.0 Å². The number of carbonyl (C=O) groups is 2. The molecule has 0 radical (unpaired) electrons. The summed E-state index contributed by atoms with van der Waals surface area (Å²) >= 11 is 5.92. The number of aromatic nitrogens is 2. The first kappa shape index (κ1) is 28.4. The number of urea groups is 2. The molecule has 1 aliphatic rings. The maximum atomic E-state index is 12.8. The SMILES string of the molecule is CC(C)(C)c1cc(NC(=O)Nc2ccc(Cl)cc2)n(-c2cccc(CNC(=O)NS(=O)(=O)N3CCCC3)c2)n1. The van der Waals surface area contributed by atoms with Gasteiger partial charge in [0.25, 0.3) is 0 Å². The molecule has 13 heteroatoms. The summed E-state index contributed by atoms with van der Waals surface area (Å²) < 4.78 is 29.6. The summed E-state index contributed by atoms with van der Waals surface area (Å²) in [5.74, 6) is 0.450. The molecule has 1 aliphatic heterocycles. The van der Waals surface area contributed by atoms with Crippen LogP contribution >= 0.6 is 11.6 Å². The molecule has 3 aromatic rings. The summed E-state index contributed by atoms with van der Waals surface area (Å²) in [6, 6.07) is 14.5. The van der Waals surface area contributed by atoms with Crippen LogP contribution in [0.25, 0.3) is 5.69 Å². The van der Waals surface area contributed by atoms with E-state index in [1.165, 1.54) is 4.31 Å². The molecule has 2 aromatic carbocycles. The second-order valence-corrected chi connectivity index (χ2v) is 12.3. The van der Waals surface area contributed by atoms with E-state index in [9.17, 15) is 18.0 Å². The third-order valence-corrected chi connectivity index (χ3v) is 7.80. The van der Waals surface area contributed by atoms with Crippen molar-refractivity contribution in [3.63, 3.8) is 0 Å². The van der Waals surface area contributed by atoms with E-state index < -0.39 is 22.3 Å². The van der Waals surface area contributed by atoms with Gasteiger partial charge in [-0.1, -0.05) is 44.5 Å². The predicted molar refractivity (Wildman–Crippen MR) is 151 cm³/mol. The number of carbonyl (C=O) groups excluding carboxylic acids is 2. The van der Waals surface area contributed by atoms with Crippen molar-refractivity contribution in [3.05, 3.63) is 70.9 Å². The molecule has 4 amide bonds. The second kappa shape index (κ2) is 11.6. The summed E-state index contributed by atoms with van der Waals surface area (Å²) in [5.41, 5.74) is 2.42. The molecule has 2 heterocycles. The fraction of sp³-hybridized carbons (Fsp3) is 0.346. The summed E-state index contributed by atoms with van der Waals surface area (Å²) in [4.78, 5) is 25.1. The highest BCUT2D eigenvalue weighted by Crippen LogP contribution is 2.27. The molecule has 0 spiro atoms. The van der Waals surface area contributed by atoms with Gasteiger partial charge in [-0.05, 0) is 54.8 Å². The van der Waals surface area contributed by atoms with Crippen LogP contribution in [0.1, 0.15) is 44.9 Å². The smallest absolute Gasteiger partial charge is 0.329 e. The Morgan fingerprint density at radius 1 is 0.974 bits per heavy atom. The average molecular weight is 574 g/mol. The van der Waals surface area contributed by atoms with Gasteiger partial charge in [-0.15, -0.1) is 0 Å². The number of amides is 4. The zero-order valence-electron chi connectivity index (χ0n) is 22.0. The molecule has 1 fully saturated rings. The Kier molecular flexibility index (Phi) is 8.48. The highest BCUT2D eigenvalue weighted by atomic mass is 35.5. The van der Waals surface area contributed by atoms with Crippen molar-refractivity contribution in [3.8, 4) is 5.69 Å². The van der Waals surface area contributed by atoms with E-state index in [0.29, 0.717) is 40.9 Å². The van der Waals surface area contributed by atoms with E-state index in [0.717, 1.165) is 18.5 Å². The average Bonchev–Trinajstić information content (AvgIpc) is 3.55. The minimum Gasteiger partial charge on any atom is -0.333 e. The predicted octanol–water partition coefficient (Wildman–Crippen LogP) is 4.61. The van der Waals surface area contributed by atoms with Gasteiger partial charge < -0.3 is 10.6 Å². The van der Waals surface area contributed by atoms with Gasteiger partial charge in [0.15, 0.2) is 0 Å². The van der Waals surface area contributed by atoms with E-state index in [1.54, 1.807) is 47.1 Å². The van der Waals surface area contributed by atoms with Crippen LogP contribution in [0.3, 0.4) is 0 Å². The van der Waals surface area contributed by atoms with Crippen LogP contribution in [0.4, 0.5) is 21.1 Å². The van der Waals surface area contributed by atoms with Crippen molar-refractivity contribution >= 4 is 45.4 Å². The van der Waals surface area contributed by atoms with Gasteiger partial charge in [0, 0.05) is 41.8 Å². The first-order chi connectivity index (χ1) is 18.4. The highest BCUT2D eigenvalue weighted by Gasteiger charge is 2.27. The number of benzene rings is 2. The van der Waals surface area contributed by atoms with Crippen LogP contribution in [0, 0.1) is 0 Å². The minimum atomic E-state index is -3.86. The molecule has 0 aliphatic carbocycles. The number of halogens is 1. The summed E-state index contributed by atoms with van der Waals surface area (Å²) in [7, 11) is -3.86.